The Kier molecular flexibility index (Phi) is 12.1. The molecular formula is C13H18O6. The summed E-state index contributed by atoms with van der Waals surface area (Å²) in [6.07, 6.45) is 3.31. The van der Waals surface area contributed by atoms with Crippen LogP contribution in [0.3, 0.4) is 0 Å². The van der Waals surface area contributed by atoms with Crippen molar-refractivity contribution in [3.8, 4) is 5.75 Å². The minimum atomic E-state index is -1.82. The summed E-state index contributed by atoms with van der Waals surface area (Å²) < 4.78 is 0. The zero-order chi connectivity index (χ0) is 15.3. The van der Waals surface area contributed by atoms with E-state index in [0.717, 1.165) is 18.4 Å². The van der Waals surface area contributed by atoms with Crippen LogP contribution in [0, 0.1) is 0 Å². The first kappa shape index (κ1) is 19.0. The SMILES string of the molecule is C=O.CCCCc1ccccc1O.O=C(O)C(=O)O. The van der Waals surface area contributed by atoms with E-state index in [0.29, 0.717) is 5.75 Å². The van der Waals surface area contributed by atoms with Crippen LogP contribution < -0.4 is 0 Å². The second-order valence-corrected chi connectivity index (χ2v) is 3.34. The highest BCUT2D eigenvalue weighted by Crippen LogP contribution is 2.17. The molecule has 19 heavy (non-hydrogen) atoms. The Balaban J connectivity index is 0. The molecule has 0 aliphatic carbocycles. The van der Waals surface area contributed by atoms with Crippen LogP contribution in [0.5, 0.6) is 5.75 Å². The molecule has 0 saturated heterocycles. The molecule has 3 N–H and O–H groups in total. The second-order valence-electron chi connectivity index (χ2n) is 3.34. The smallest absolute Gasteiger partial charge is 0.414 e. The average Bonchev–Trinajstić information content (AvgIpc) is 2.41. The summed E-state index contributed by atoms with van der Waals surface area (Å²) in [5.74, 6) is -3.22. The highest BCUT2D eigenvalue weighted by atomic mass is 16.4. The molecule has 0 aliphatic rings. The number of para-hydroxylation sites is 1. The molecule has 0 aromatic heterocycles. The van der Waals surface area contributed by atoms with Gasteiger partial charge in [-0.1, -0.05) is 31.5 Å². The van der Waals surface area contributed by atoms with Crippen molar-refractivity contribution in [1.82, 2.24) is 0 Å². The molecular weight excluding hydrogens is 252 g/mol. The molecule has 0 bridgehead atoms. The van der Waals surface area contributed by atoms with Gasteiger partial charge in [-0.05, 0) is 24.5 Å². The third-order valence-electron chi connectivity index (χ3n) is 1.97. The Morgan fingerprint density at radius 3 is 1.95 bits per heavy atom. The van der Waals surface area contributed by atoms with Crippen LogP contribution in [-0.2, 0) is 20.8 Å². The van der Waals surface area contributed by atoms with Gasteiger partial charge in [-0.25, -0.2) is 9.59 Å². The Hall–Kier alpha value is -2.37. The van der Waals surface area contributed by atoms with E-state index in [1.807, 2.05) is 25.0 Å². The largest absolute Gasteiger partial charge is 0.508 e. The van der Waals surface area contributed by atoms with Crippen molar-refractivity contribution in [2.45, 2.75) is 26.2 Å². The van der Waals surface area contributed by atoms with Crippen LogP contribution in [0.25, 0.3) is 0 Å². The number of hydrogen-bond acceptors (Lipinski definition) is 4. The van der Waals surface area contributed by atoms with E-state index in [4.69, 9.17) is 24.6 Å². The molecule has 0 spiro atoms. The standard InChI is InChI=1S/C10H14O.C2H2O4.CH2O/c1-2-3-6-9-7-4-5-8-10(9)11;3-1(4)2(5)6;1-2/h4-5,7-8,11H,2-3,6H2,1H3;(H,3,4)(H,5,6);1H2. The van der Waals surface area contributed by atoms with Crippen LogP contribution >= 0.6 is 0 Å². The van der Waals surface area contributed by atoms with Crippen molar-refractivity contribution in [2.24, 2.45) is 0 Å². The van der Waals surface area contributed by atoms with Gasteiger partial charge in [-0.3, -0.25) is 0 Å². The van der Waals surface area contributed by atoms with E-state index in [9.17, 15) is 5.11 Å². The molecule has 0 unspecified atom stereocenters. The lowest BCUT2D eigenvalue weighted by atomic mass is 10.1. The summed E-state index contributed by atoms with van der Waals surface area (Å²) in [4.78, 5) is 26.2. The van der Waals surface area contributed by atoms with Crippen LogP contribution in [0.2, 0.25) is 0 Å². The first-order valence-corrected chi connectivity index (χ1v) is 5.51. The summed E-state index contributed by atoms with van der Waals surface area (Å²) in [5, 5.41) is 24.1. The number of phenols is 1. The van der Waals surface area contributed by atoms with Gasteiger partial charge in [0.15, 0.2) is 0 Å². The molecule has 0 aliphatic heterocycles. The van der Waals surface area contributed by atoms with E-state index in [1.54, 1.807) is 6.07 Å². The number of aromatic hydroxyl groups is 1. The highest BCUT2D eigenvalue weighted by molar-refractivity contribution is 6.27. The van der Waals surface area contributed by atoms with Gasteiger partial charge in [0, 0.05) is 0 Å². The van der Waals surface area contributed by atoms with E-state index in [-0.39, 0.29) is 0 Å². The molecule has 0 amide bonds. The Morgan fingerprint density at radius 1 is 1.11 bits per heavy atom. The number of aryl methyl sites for hydroxylation is 1. The minimum absolute atomic E-state index is 0.431. The van der Waals surface area contributed by atoms with Gasteiger partial charge in [0.25, 0.3) is 0 Å². The van der Waals surface area contributed by atoms with Gasteiger partial charge >= 0.3 is 11.9 Å². The van der Waals surface area contributed by atoms with Crippen molar-refractivity contribution < 1.29 is 29.7 Å². The molecule has 0 fully saturated rings. The number of phenolic OH excluding ortho intramolecular Hbond substituents is 1. The van der Waals surface area contributed by atoms with Crippen LogP contribution in [-0.4, -0.2) is 34.0 Å². The fraction of sp³-hybridized carbons (Fsp3) is 0.308. The highest BCUT2D eigenvalue weighted by Gasteiger charge is 2.04. The Bertz CT molecular complexity index is 376. The van der Waals surface area contributed by atoms with Crippen molar-refractivity contribution >= 4 is 18.7 Å². The first-order valence-electron chi connectivity index (χ1n) is 5.51. The lowest BCUT2D eigenvalue weighted by Crippen LogP contribution is -2.09. The zero-order valence-electron chi connectivity index (χ0n) is 10.7. The van der Waals surface area contributed by atoms with Gasteiger partial charge in [-0.2, -0.15) is 0 Å². The third kappa shape index (κ3) is 10.5. The molecule has 6 heteroatoms. The molecule has 6 nitrogen and oxygen atoms in total. The normalized spacial score (nSPS) is 8.26. The molecule has 0 atom stereocenters. The number of carboxylic acid groups (broad SMARTS) is 2. The summed E-state index contributed by atoms with van der Waals surface area (Å²) in [5.41, 5.74) is 1.06. The molecule has 106 valence electrons. The zero-order valence-corrected chi connectivity index (χ0v) is 10.7. The number of hydrogen-bond donors (Lipinski definition) is 3. The number of carbonyl (C=O) groups excluding carboxylic acids is 1. The molecule has 0 heterocycles. The van der Waals surface area contributed by atoms with E-state index >= 15 is 0 Å². The lowest BCUT2D eigenvalue weighted by molar-refractivity contribution is -0.159. The number of benzene rings is 1. The van der Waals surface area contributed by atoms with Crippen LogP contribution in [0.15, 0.2) is 24.3 Å². The van der Waals surface area contributed by atoms with Gasteiger partial charge in [0.1, 0.15) is 12.5 Å². The van der Waals surface area contributed by atoms with Gasteiger partial charge < -0.3 is 20.1 Å². The van der Waals surface area contributed by atoms with Crippen molar-refractivity contribution in [3.05, 3.63) is 29.8 Å². The number of unbranched alkanes of at least 4 members (excludes halogenated alkanes) is 1. The Labute approximate surface area is 111 Å². The van der Waals surface area contributed by atoms with Crippen molar-refractivity contribution in [3.63, 3.8) is 0 Å². The Morgan fingerprint density at radius 2 is 1.58 bits per heavy atom. The first-order chi connectivity index (χ1) is 8.99. The van der Waals surface area contributed by atoms with E-state index < -0.39 is 11.9 Å². The summed E-state index contributed by atoms with van der Waals surface area (Å²) >= 11 is 0. The predicted molar refractivity (Wildman–Crippen MR) is 69.1 cm³/mol. The summed E-state index contributed by atoms with van der Waals surface area (Å²) in [7, 11) is 0. The fourth-order valence-electron chi connectivity index (χ4n) is 1.09. The molecule has 1 aromatic rings. The second kappa shape index (κ2) is 12.1. The third-order valence-corrected chi connectivity index (χ3v) is 1.97. The predicted octanol–water partition coefficient (Wildman–Crippen LogP) is 1.71. The maximum Gasteiger partial charge on any atom is 0.414 e. The van der Waals surface area contributed by atoms with Gasteiger partial charge in [-0.15, -0.1) is 0 Å². The topological polar surface area (TPSA) is 112 Å². The monoisotopic (exact) mass is 270 g/mol. The van der Waals surface area contributed by atoms with Crippen molar-refractivity contribution in [2.75, 3.05) is 0 Å². The molecule has 1 aromatic carbocycles. The van der Waals surface area contributed by atoms with Crippen LogP contribution in [0.1, 0.15) is 25.3 Å². The number of carboxylic acids is 2. The molecule has 0 saturated carbocycles. The average molecular weight is 270 g/mol. The van der Waals surface area contributed by atoms with Crippen molar-refractivity contribution in [1.29, 1.82) is 0 Å². The minimum Gasteiger partial charge on any atom is -0.508 e. The lowest BCUT2D eigenvalue weighted by Gasteiger charge is -2.01. The molecule has 1 rings (SSSR count). The molecule has 0 radical (unpaired) electrons. The van der Waals surface area contributed by atoms with E-state index in [2.05, 4.69) is 6.92 Å². The quantitative estimate of drug-likeness (QED) is 0.721. The summed E-state index contributed by atoms with van der Waals surface area (Å²) in [6.45, 7) is 4.15. The number of aliphatic carboxylic acids is 2. The maximum atomic E-state index is 9.34. The number of rotatable bonds is 3. The van der Waals surface area contributed by atoms with Crippen LogP contribution in [0.4, 0.5) is 0 Å². The van der Waals surface area contributed by atoms with E-state index in [1.165, 1.54) is 6.42 Å². The fourth-order valence-corrected chi connectivity index (χ4v) is 1.09. The summed E-state index contributed by atoms with van der Waals surface area (Å²) in [6, 6.07) is 7.53. The maximum absolute atomic E-state index is 9.34. The van der Waals surface area contributed by atoms with Gasteiger partial charge in [0.2, 0.25) is 0 Å². The number of carbonyl (C=O) groups is 3. The van der Waals surface area contributed by atoms with Gasteiger partial charge in [0.05, 0.1) is 0 Å².